The predicted octanol–water partition coefficient (Wildman–Crippen LogP) is 2.38. The van der Waals surface area contributed by atoms with Crippen LogP contribution in [0.4, 0.5) is 0 Å². The van der Waals surface area contributed by atoms with Crippen LogP contribution in [0.3, 0.4) is 0 Å². The Morgan fingerprint density at radius 3 is 2.21 bits per heavy atom. The van der Waals surface area contributed by atoms with Crippen LogP contribution in [0, 0.1) is 5.92 Å². The zero-order chi connectivity index (χ0) is 10.8. The summed E-state index contributed by atoms with van der Waals surface area (Å²) in [5, 5.41) is 0. The van der Waals surface area contributed by atoms with Gasteiger partial charge in [0, 0.05) is 0 Å². The summed E-state index contributed by atoms with van der Waals surface area (Å²) in [5.74, 6) is 0.815. The Kier molecular flexibility index (Phi) is 7.52. The van der Waals surface area contributed by atoms with Crippen molar-refractivity contribution in [1.82, 2.24) is 0 Å². The van der Waals surface area contributed by atoms with Gasteiger partial charge in [-0.1, -0.05) is 44.2 Å². The fourth-order valence-corrected chi connectivity index (χ4v) is 1.10. The highest BCUT2D eigenvalue weighted by Crippen LogP contribution is 2.07. The van der Waals surface area contributed by atoms with Gasteiger partial charge in [0.25, 0.3) is 0 Å². The van der Waals surface area contributed by atoms with E-state index in [4.69, 9.17) is 4.79 Å². The van der Waals surface area contributed by atoms with Crippen molar-refractivity contribution in [2.24, 2.45) is 11.7 Å². The second-order valence-electron chi connectivity index (χ2n) is 3.55. The Hall–Kier alpha value is -1.31. The first-order chi connectivity index (χ1) is 6.70. The molecular weight excluding hydrogens is 174 g/mol. The van der Waals surface area contributed by atoms with Crippen LogP contribution in [0.2, 0.25) is 0 Å². The van der Waals surface area contributed by atoms with Crippen molar-refractivity contribution in [2.45, 2.75) is 26.7 Å². The number of aryl methyl sites for hydroxylation is 1. The molecule has 0 aliphatic heterocycles. The molecule has 0 aliphatic carbocycles. The van der Waals surface area contributed by atoms with Gasteiger partial charge in [-0.3, -0.25) is 4.79 Å². The van der Waals surface area contributed by atoms with Crippen LogP contribution in [0.1, 0.15) is 25.8 Å². The number of benzene rings is 1. The van der Waals surface area contributed by atoms with E-state index in [1.54, 1.807) is 0 Å². The molecule has 2 nitrogen and oxygen atoms in total. The van der Waals surface area contributed by atoms with Crippen molar-refractivity contribution in [2.75, 3.05) is 0 Å². The average molecular weight is 193 g/mol. The molecule has 2 N–H and O–H groups in total. The monoisotopic (exact) mass is 193 g/mol. The molecule has 0 saturated heterocycles. The van der Waals surface area contributed by atoms with E-state index in [1.807, 2.05) is 0 Å². The van der Waals surface area contributed by atoms with Crippen LogP contribution >= 0.6 is 0 Å². The standard InChI is InChI=1S/C11H16.CH3NO/c1-10(2)8-9-11-6-4-3-5-7-11;2-1-3/h3-7,10H,8-9H2,1-2H3;1H,(H2,2,3). The van der Waals surface area contributed by atoms with Crippen molar-refractivity contribution in [3.63, 3.8) is 0 Å². The van der Waals surface area contributed by atoms with Gasteiger partial charge in [0.1, 0.15) is 0 Å². The van der Waals surface area contributed by atoms with E-state index in [9.17, 15) is 0 Å². The van der Waals surface area contributed by atoms with E-state index in [-0.39, 0.29) is 6.41 Å². The van der Waals surface area contributed by atoms with Crippen molar-refractivity contribution in [1.29, 1.82) is 0 Å². The number of hydrogen-bond acceptors (Lipinski definition) is 1. The fraction of sp³-hybridized carbons (Fsp3) is 0.417. The van der Waals surface area contributed by atoms with E-state index in [1.165, 1.54) is 18.4 Å². The normalized spacial score (nSPS) is 9.07. The number of hydrogen-bond donors (Lipinski definition) is 1. The molecule has 2 heteroatoms. The van der Waals surface area contributed by atoms with Crippen molar-refractivity contribution in [3.05, 3.63) is 35.9 Å². The van der Waals surface area contributed by atoms with Crippen LogP contribution in [0.15, 0.2) is 30.3 Å². The fourth-order valence-electron chi connectivity index (χ4n) is 1.10. The highest BCUT2D eigenvalue weighted by molar-refractivity contribution is 5.42. The van der Waals surface area contributed by atoms with Crippen LogP contribution in [0.25, 0.3) is 0 Å². The molecule has 0 radical (unpaired) electrons. The SMILES string of the molecule is CC(C)CCc1ccccc1.NC=O. The first-order valence-electron chi connectivity index (χ1n) is 4.90. The number of primary amides is 1. The Balaban J connectivity index is 0.000000500. The number of rotatable bonds is 3. The summed E-state index contributed by atoms with van der Waals surface area (Å²) in [4.78, 5) is 8.58. The zero-order valence-electron chi connectivity index (χ0n) is 8.94. The molecule has 0 saturated carbocycles. The van der Waals surface area contributed by atoms with E-state index < -0.39 is 0 Å². The molecule has 0 unspecified atom stereocenters. The lowest BCUT2D eigenvalue weighted by Crippen LogP contribution is -1.91. The van der Waals surface area contributed by atoms with E-state index >= 15 is 0 Å². The molecule has 0 aromatic heterocycles. The van der Waals surface area contributed by atoms with Gasteiger partial charge in [-0.25, -0.2) is 0 Å². The molecule has 1 aromatic rings. The molecule has 78 valence electrons. The Morgan fingerprint density at radius 1 is 1.29 bits per heavy atom. The van der Waals surface area contributed by atoms with Crippen molar-refractivity contribution in [3.8, 4) is 0 Å². The Labute approximate surface area is 86.1 Å². The maximum Gasteiger partial charge on any atom is 0.204 e. The molecule has 1 rings (SSSR count). The molecular formula is C12H19NO. The van der Waals surface area contributed by atoms with Gasteiger partial charge < -0.3 is 5.73 Å². The summed E-state index contributed by atoms with van der Waals surface area (Å²) in [6, 6.07) is 10.7. The van der Waals surface area contributed by atoms with Crippen molar-refractivity contribution >= 4 is 6.41 Å². The summed E-state index contributed by atoms with van der Waals surface area (Å²) < 4.78 is 0. The summed E-state index contributed by atoms with van der Waals surface area (Å²) >= 11 is 0. The van der Waals surface area contributed by atoms with E-state index in [0.29, 0.717) is 0 Å². The van der Waals surface area contributed by atoms with Gasteiger partial charge in [0.05, 0.1) is 0 Å². The van der Waals surface area contributed by atoms with E-state index in [2.05, 4.69) is 49.9 Å². The van der Waals surface area contributed by atoms with Gasteiger partial charge in [-0.05, 0) is 24.3 Å². The zero-order valence-corrected chi connectivity index (χ0v) is 8.94. The van der Waals surface area contributed by atoms with Gasteiger partial charge in [0.15, 0.2) is 0 Å². The smallest absolute Gasteiger partial charge is 0.204 e. The van der Waals surface area contributed by atoms with Crippen LogP contribution in [-0.4, -0.2) is 6.41 Å². The third-order valence-electron chi connectivity index (χ3n) is 1.85. The van der Waals surface area contributed by atoms with Gasteiger partial charge in [-0.2, -0.15) is 0 Å². The van der Waals surface area contributed by atoms with Gasteiger partial charge in [-0.15, -0.1) is 0 Å². The molecule has 0 atom stereocenters. The molecule has 0 bridgehead atoms. The van der Waals surface area contributed by atoms with Gasteiger partial charge in [0.2, 0.25) is 6.41 Å². The summed E-state index contributed by atoms with van der Waals surface area (Å²) in [6.45, 7) is 4.53. The number of nitrogens with two attached hydrogens (primary N) is 1. The lowest BCUT2D eigenvalue weighted by atomic mass is 10.0. The molecule has 0 heterocycles. The summed E-state index contributed by atoms with van der Waals surface area (Å²) in [5.41, 5.74) is 5.63. The van der Waals surface area contributed by atoms with E-state index in [0.717, 1.165) is 5.92 Å². The van der Waals surface area contributed by atoms with Crippen molar-refractivity contribution < 1.29 is 4.79 Å². The maximum absolute atomic E-state index is 8.58. The minimum absolute atomic E-state index is 0.250. The van der Waals surface area contributed by atoms with Crippen LogP contribution in [-0.2, 0) is 11.2 Å². The third-order valence-corrected chi connectivity index (χ3v) is 1.85. The second kappa shape index (κ2) is 8.30. The second-order valence-corrected chi connectivity index (χ2v) is 3.55. The number of carbonyl (C=O) groups is 1. The maximum atomic E-state index is 8.58. The quantitative estimate of drug-likeness (QED) is 0.736. The molecule has 0 fully saturated rings. The minimum Gasteiger partial charge on any atom is -0.372 e. The molecule has 0 aliphatic rings. The molecule has 0 spiro atoms. The van der Waals surface area contributed by atoms with Crippen LogP contribution in [0.5, 0.6) is 0 Å². The van der Waals surface area contributed by atoms with Gasteiger partial charge >= 0.3 is 0 Å². The molecule has 14 heavy (non-hydrogen) atoms. The van der Waals surface area contributed by atoms with Crippen LogP contribution < -0.4 is 5.73 Å². The first-order valence-corrected chi connectivity index (χ1v) is 4.90. The topological polar surface area (TPSA) is 43.1 Å². The number of carbonyl (C=O) groups excluding carboxylic acids is 1. The third kappa shape index (κ3) is 7.35. The lowest BCUT2D eigenvalue weighted by molar-refractivity contribution is -0.106. The lowest BCUT2D eigenvalue weighted by Gasteiger charge is -2.03. The molecule has 1 amide bonds. The highest BCUT2D eigenvalue weighted by Gasteiger charge is 1.94. The Morgan fingerprint density at radius 2 is 1.79 bits per heavy atom. The predicted molar refractivity (Wildman–Crippen MR) is 59.9 cm³/mol. The summed E-state index contributed by atoms with van der Waals surface area (Å²) in [7, 11) is 0. The number of amides is 1. The highest BCUT2D eigenvalue weighted by atomic mass is 16.1. The average Bonchev–Trinajstić information content (AvgIpc) is 2.18. The minimum atomic E-state index is 0.250. The summed E-state index contributed by atoms with van der Waals surface area (Å²) in [6.07, 6.45) is 2.77. The Bertz CT molecular complexity index is 231. The largest absolute Gasteiger partial charge is 0.372 e. The first kappa shape index (κ1) is 12.7. The molecule has 1 aromatic carbocycles.